The summed E-state index contributed by atoms with van der Waals surface area (Å²) in [4.78, 5) is 6.85. The third-order valence-electron chi connectivity index (χ3n) is 4.58. The standard InChI is InChI=1S/C16H26N4/c1-4-12-6-8-13(9-7-12)20(3)16-14(15(17)18)10-5-11(2)19-16/h5,10,12-13H,4,6-9H2,1-3H3,(H3,17,18). The highest BCUT2D eigenvalue weighted by molar-refractivity contribution is 5.99. The predicted octanol–water partition coefficient (Wildman–Crippen LogP) is 3.08. The molecule has 0 aliphatic heterocycles. The maximum atomic E-state index is 7.73. The summed E-state index contributed by atoms with van der Waals surface area (Å²) in [5.74, 6) is 1.84. The van der Waals surface area contributed by atoms with E-state index in [0.29, 0.717) is 6.04 Å². The zero-order valence-electron chi connectivity index (χ0n) is 12.8. The number of nitrogens with one attached hydrogen (secondary N) is 1. The van der Waals surface area contributed by atoms with E-state index in [1.807, 2.05) is 19.1 Å². The number of nitrogens with two attached hydrogens (primary N) is 1. The number of pyridine rings is 1. The van der Waals surface area contributed by atoms with Gasteiger partial charge in [0.25, 0.3) is 0 Å². The highest BCUT2D eigenvalue weighted by Crippen LogP contribution is 2.31. The van der Waals surface area contributed by atoms with Crippen molar-refractivity contribution in [2.45, 2.75) is 52.0 Å². The number of hydrogen-bond acceptors (Lipinski definition) is 3. The Kier molecular flexibility index (Phi) is 4.63. The Morgan fingerprint density at radius 3 is 2.55 bits per heavy atom. The van der Waals surface area contributed by atoms with Gasteiger partial charge in [-0.3, -0.25) is 5.41 Å². The lowest BCUT2D eigenvalue weighted by Gasteiger charge is -2.36. The van der Waals surface area contributed by atoms with Crippen molar-refractivity contribution in [2.24, 2.45) is 11.7 Å². The van der Waals surface area contributed by atoms with Crippen molar-refractivity contribution < 1.29 is 0 Å². The van der Waals surface area contributed by atoms with Crippen LogP contribution < -0.4 is 10.6 Å². The van der Waals surface area contributed by atoms with Crippen molar-refractivity contribution in [2.75, 3.05) is 11.9 Å². The molecule has 0 radical (unpaired) electrons. The molecule has 0 amide bonds. The van der Waals surface area contributed by atoms with Crippen molar-refractivity contribution in [1.29, 1.82) is 5.41 Å². The fraction of sp³-hybridized carbons (Fsp3) is 0.625. The molecule has 1 aromatic heterocycles. The summed E-state index contributed by atoms with van der Waals surface area (Å²) in [5, 5.41) is 7.73. The summed E-state index contributed by atoms with van der Waals surface area (Å²) in [6.45, 7) is 4.26. The van der Waals surface area contributed by atoms with Gasteiger partial charge >= 0.3 is 0 Å². The van der Waals surface area contributed by atoms with Crippen LogP contribution in [0.5, 0.6) is 0 Å². The minimum atomic E-state index is 0.0987. The first-order chi connectivity index (χ1) is 9.52. The van der Waals surface area contributed by atoms with Gasteiger partial charge in [-0.15, -0.1) is 0 Å². The van der Waals surface area contributed by atoms with Crippen molar-refractivity contribution >= 4 is 11.7 Å². The van der Waals surface area contributed by atoms with Gasteiger partial charge in [0.1, 0.15) is 11.7 Å². The Balaban J connectivity index is 2.18. The molecular weight excluding hydrogens is 248 g/mol. The molecule has 1 aromatic rings. The van der Waals surface area contributed by atoms with E-state index in [4.69, 9.17) is 11.1 Å². The summed E-state index contributed by atoms with van der Waals surface area (Å²) < 4.78 is 0. The van der Waals surface area contributed by atoms with Crippen molar-refractivity contribution in [3.05, 3.63) is 23.4 Å². The van der Waals surface area contributed by atoms with Crippen LogP contribution in [0.1, 0.15) is 50.3 Å². The third kappa shape index (κ3) is 3.11. The average molecular weight is 274 g/mol. The molecule has 0 bridgehead atoms. The summed E-state index contributed by atoms with van der Waals surface area (Å²) in [7, 11) is 2.09. The molecule has 1 fully saturated rings. The van der Waals surface area contributed by atoms with Crippen LogP contribution >= 0.6 is 0 Å². The van der Waals surface area contributed by atoms with Gasteiger partial charge in [-0.2, -0.15) is 0 Å². The zero-order chi connectivity index (χ0) is 14.7. The molecule has 1 heterocycles. The Labute approximate surface area is 121 Å². The molecule has 0 aromatic carbocycles. The zero-order valence-corrected chi connectivity index (χ0v) is 12.8. The quantitative estimate of drug-likeness (QED) is 0.655. The lowest BCUT2D eigenvalue weighted by atomic mass is 9.84. The van der Waals surface area contributed by atoms with E-state index < -0.39 is 0 Å². The van der Waals surface area contributed by atoms with E-state index in [9.17, 15) is 0 Å². The van der Waals surface area contributed by atoms with Gasteiger partial charge in [0.15, 0.2) is 0 Å². The molecule has 0 saturated heterocycles. The predicted molar refractivity (Wildman–Crippen MR) is 84.4 cm³/mol. The van der Waals surface area contributed by atoms with Gasteiger partial charge in [-0.25, -0.2) is 4.98 Å². The number of hydrogen-bond donors (Lipinski definition) is 2. The van der Waals surface area contributed by atoms with Gasteiger partial charge in [-0.05, 0) is 50.7 Å². The first-order valence-electron chi connectivity index (χ1n) is 7.57. The monoisotopic (exact) mass is 274 g/mol. The summed E-state index contributed by atoms with van der Waals surface area (Å²) in [6, 6.07) is 4.35. The van der Waals surface area contributed by atoms with Gasteiger partial charge < -0.3 is 10.6 Å². The SMILES string of the molecule is CCC1CCC(N(C)c2nc(C)ccc2C(=N)N)CC1. The van der Waals surface area contributed by atoms with Crippen LogP contribution in [0, 0.1) is 18.3 Å². The average Bonchev–Trinajstić information content (AvgIpc) is 2.46. The van der Waals surface area contributed by atoms with E-state index in [0.717, 1.165) is 23.0 Å². The van der Waals surface area contributed by atoms with E-state index >= 15 is 0 Å². The van der Waals surface area contributed by atoms with Crippen LogP contribution in [-0.2, 0) is 0 Å². The summed E-state index contributed by atoms with van der Waals surface area (Å²) in [6.07, 6.45) is 6.31. The Bertz CT molecular complexity index is 475. The summed E-state index contributed by atoms with van der Waals surface area (Å²) in [5.41, 5.74) is 7.41. The van der Waals surface area contributed by atoms with E-state index in [2.05, 4.69) is 23.9 Å². The summed E-state index contributed by atoms with van der Waals surface area (Å²) >= 11 is 0. The van der Waals surface area contributed by atoms with E-state index in [1.54, 1.807) is 0 Å². The lowest BCUT2D eigenvalue weighted by molar-refractivity contribution is 0.313. The molecule has 3 N–H and O–H groups in total. The molecule has 1 saturated carbocycles. The normalized spacial score (nSPS) is 22.6. The van der Waals surface area contributed by atoms with Crippen molar-refractivity contribution in [1.82, 2.24) is 4.98 Å². The second-order valence-electron chi connectivity index (χ2n) is 5.93. The highest BCUT2D eigenvalue weighted by Gasteiger charge is 2.25. The van der Waals surface area contributed by atoms with Gasteiger partial charge in [0.2, 0.25) is 0 Å². The topological polar surface area (TPSA) is 66.0 Å². The van der Waals surface area contributed by atoms with Crippen LogP contribution in [0.15, 0.2) is 12.1 Å². The molecule has 0 unspecified atom stereocenters. The molecule has 110 valence electrons. The van der Waals surface area contributed by atoms with Crippen LogP contribution in [0.4, 0.5) is 5.82 Å². The highest BCUT2D eigenvalue weighted by atomic mass is 15.2. The van der Waals surface area contributed by atoms with Gasteiger partial charge in [0.05, 0.1) is 5.56 Å². The van der Waals surface area contributed by atoms with Crippen LogP contribution in [0.2, 0.25) is 0 Å². The first-order valence-corrected chi connectivity index (χ1v) is 7.57. The van der Waals surface area contributed by atoms with Crippen LogP contribution in [0.3, 0.4) is 0 Å². The smallest absolute Gasteiger partial charge is 0.139 e. The van der Waals surface area contributed by atoms with Crippen LogP contribution in [-0.4, -0.2) is 23.9 Å². The molecule has 20 heavy (non-hydrogen) atoms. The Morgan fingerprint density at radius 2 is 2.00 bits per heavy atom. The molecule has 1 aliphatic rings. The second kappa shape index (κ2) is 6.25. The fourth-order valence-corrected chi connectivity index (χ4v) is 3.14. The number of rotatable bonds is 4. The maximum absolute atomic E-state index is 7.73. The minimum absolute atomic E-state index is 0.0987. The first kappa shape index (κ1) is 14.8. The number of aryl methyl sites for hydroxylation is 1. The van der Waals surface area contributed by atoms with Gasteiger partial charge in [0, 0.05) is 18.8 Å². The molecule has 4 heteroatoms. The maximum Gasteiger partial charge on any atom is 0.139 e. The molecule has 0 atom stereocenters. The molecule has 1 aliphatic carbocycles. The number of aromatic nitrogens is 1. The number of anilines is 1. The Hall–Kier alpha value is -1.58. The molecule has 2 rings (SSSR count). The molecular formula is C16H26N4. The number of nitrogens with zero attached hydrogens (tertiary/aromatic N) is 2. The van der Waals surface area contributed by atoms with Crippen molar-refractivity contribution in [3.8, 4) is 0 Å². The third-order valence-corrected chi connectivity index (χ3v) is 4.58. The largest absolute Gasteiger partial charge is 0.384 e. The minimum Gasteiger partial charge on any atom is -0.384 e. The second-order valence-corrected chi connectivity index (χ2v) is 5.93. The Morgan fingerprint density at radius 1 is 1.35 bits per heavy atom. The molecule has 0 spiro atoms. The van der Waals surface area contributed by atoms with E-state index in [1.165, 1.54) is 32.1 Å². The lowest BCUT2D eigenvalue weighted by Crippen LogP contribution is -2.37. The number of nitrogen functional groups attached to an aromatic ring is 1. The van der Waals surface area contributed by atoms with Crippen molar-refractivity contribution in [3.63, 3.8) is 0 Å². The van der Waals surface area contributed by atoms with Gasteiger partial charge in [-0.1, -0.05) is 13.3 Å². The molecule has 4 nitrogen and oxygen atoms in total. The number of amidine groups is 1. The fourth-order valence-electron chi connectivity index (χ4n) is 3.14. The van der Waals surface area contributed by atoms with E-state index in [-0.39, 0.29) is 5.84 Å². The van der Waals surface area contributed by atoms with Crippen LogP contribution in [0.25, 0.3) is 0 Å².